The molecule has 1 aromatic rings. The Morgan fingerprint density at radius 3 is 2.33 bits per heavy atom. The van der Waals surface area contributed by atoms with Gasteiger partial charge in [-0.1, -0.05) is 18.5 Å². The second-order valence-corrected chi connectivity index (χ2v) is 7.67. The van der Waals surface area contributed by atoms with Gasteiger partial charge in [0.2, 0.25) is 10.0 Å². The topological polar surface area (TPSA) is 66.6 Å². The summed E-state index contributed by atoms with van der Waals surface area (Å²) in [4.78, 5) is 2.15. The summed E-state index contributed by atoms with van der Waals surface area (Å²) in [6, 6.07) is 3.04. The molecule has 0 fully saturated rings. The van der Waals surface area contributed by atoms with Crippen LogP contribution in [0.3, 0.4) is 0 Å². The van der Waals surface area contributed by atoms with Crippen molar-refractivity contribution in [2.45, 2.75) is 25.2 Å². The summed E-state index contributed by atoms with van der Waals surface area (Å²) in [5.74, 6) is 0. The maximum atomic E-state index is 12.9. The lowest BCUT2D eigenvalue weighted by atomic mass is 10.2. The third kappa shape index (κ3) is 4.57. The van der Waals surface area contributed by atoms with E-state index in [1.165, 1.54) is 10.4 Å². The first-order valence-corrected chi connectivity index (χ1v) is 8.72. The molecule has 0 unspecified atom stereocenters. The summed E-state index contributed by atoms with van der Waals surface area (Å²) in [6.07, 6.45) is 0.752. The minimum absolute atomic E-state index is 0.194. The lowest BCUT2D eigenvalue weighted by molar-refractivity contribution is 0.333. The molecular formula is C14H24ClN3O2S. The molecule has 0 atom stereocenters. The third-order valence-electron chi connectivity index (χ3n) is 3.25. The minimum atomic E-state index is -3.59. The lowest BCUT2D eigenvalue weighted by Gasteiger charge is -2.24. The van der Waals surface area contributed by atoms with E-state index in [1.807, 2.05) is 25.9 Å². The van der Waals surface area contributed by atoms with Gasteiger partial charge in [-0.05, 0) is 45.1 Å². The van der Waals surface area contributed by atoms with Gasteiger partial charge >= 0.3 is 0 Å². The van der Waals surface area contributed by atoms with Gasteiger partial charge in [-0.15, -0.1) is 0 Å². The molecule has 0 aliphatic rings. The van der Waals surface area contributed by atoms with Crippen LogP contribution in [0.25, 0.3) is 0 Å². The molecule has 0 spiro atoms. The zero-order valence-corrected chi connectivity index (χ0v) is 14.6. The molecule has 0 heterocycles. The third-order valence-corrected chi connectivity index (χ3v) is 5.50. The van der Waals surface area contributed by atoms with Gasteiger partial charge in [0.15, 0.2) is 0 Å². The lowest BCUT2D eigenvalue weighted by Crippen LogP contribution is -2.37. The largest absolute Gasteiger partial charge is 0.398 e. The Bertz CT molecular complexity index is 588. The van der Waals surface area contributed by atoms with Crippen molar-refractivity contribution in [1.29, 1.82) is 0 Å². The number of sulfonamides is 1. The predicted molar refractivity (Wildman–Crippen MR) is 88.2 cm³/mol. The standard InChI is InChI=1S/C14H24ClN3O2S/c1-5-6-18(8-7-17(3)4)21(19,20)14-10-12(15)9-13(16)11(14)2/h9-10H,5-8,16H2,1-4H3. The Hall–Kier alpha value is -0.820. The predicted octanol–water partition coefficient (Wildman–Crippen LogP) is 2.19. The van der Waals surface area contributed by atoms with Gasteiger partial charge in [0.25, 0.3) is 0 Å². The smallest absolute Gasteiger partial charge is 0.243 e. The van der Waals surface area contributed by atoms with Crippen molar-refractivity contribution >= 4 is 27.3 Å². The Kier molecular flexibility index (Phi) is 6.46. The molecule has 0 amide bonds. The average molecular weight is 334 g/mol. The van der Waals surface area contributed by atoms with E-state index in [2.05, 4.69) is 0 Å². The van der Waals surface area contributed by atoms with Crippen molar-refractivity contribution in [3.8, 4) is 0 Å². The van der Waals surface area contributed by atoms with Crippen LogP contribution in [0.2, 0.25) is 5.02 Å². The first-order valence-electron chi connectivity index (χ1n) is 6.90. The van der Waals surface area contributed by atoms with Crippen LogP contribution in [0.4, 0.5) is 5.69 Å². The first kappa shape index (κ1) is 18.2. The normalized spacial score (nSPS) is 12.3. The molecule has 0 aliphatic carbocycles. The first-order chi connectivity index (χ1) is 9.70. The van der Waals surface area contributed by atoms with Crippen molar-refractivity contribution < 1.29 is 8.42 Å². The van der Waals surface area contributed by atoms with Crippen LogP contribution in [0.5, 0.6) is 0 Å². The minimum Gasteiger partial charge on any atom is -0.398 e. The summed E-state index contributed by atoms with van der Waals surface area (Å²) < 4.78 is 27.2. The molecule has 1 rings (SSSR count). The van der Waals surface area contributed by atoms with Crippen LogP contribution >= 0.6 is 11.6 Å². The van der Waals surface area contributed by atoms with Gasteiger partial charge in [-0.3, -0.25) is 0 Å². The van der Waals surface area contributed by atoms with E-state index < -0.39 is 10.0 Å². The van der Waals surface area contributed by atoms with Gasteiger partial charge in [0.1, 0.15) is 0 Å². The molecule has 0 bridgehead atoms. The highest BCUT2D eigenvalue weighted by atomic mass is 35.5. The van der Waals surface area contributed by atoms with Gasteiger partial charge in [-0.25, -0.2) is 8.42 Å². The maximum Gasteiger partial charge on any atom is 0.243 e. The van der Waals surface area contributed by atoms with Crippen LogP contribution < -0.4 is 5.73 Å². The number of likely N-dealkylation sites (N-methyl/N-ethyl adjacent to an activating group) is 1. The van der Waals surface area contributed by atoms with E-state index in [0.717, 1.165) is 6.42 Å². The van der Waals surface area contributed by atoms with Crippen molar-refractivity contribution in [3.63, 3.8) is 0 Å². The van der Waals surface area contributed by atoms with Crippen molar-refractivity contribution in [2.75, 3.05) is 39.5 Å². The monoisotopic (exact) mass is 333 g/mol. The molecule has 7 heteroatoms. The number of nitrogens with zero attached hydrogens (tertiary/aromatic N) is 2. The van der Waals surface area contributed by atoms with Crippen LogP contribution in [-0.2, 0) is 10.0 Å². The van der Waals surface area contributed by atoms with E-state index in [4.69, 9.17) is 17.3 Å². The van der Waals surface area contributed by atoms with Crippen LogP contribution in [0.1, 0.15) is 18.9 Å². The number of rotatable bonds is 7. The second kappa shape index (κ2) is 7.45. The quantitative estimate of drug-likeness (QED) is 0.777. The fourth-order valence-electron chi connectivity index (χ4n) is 1.99. The molecule has 21 heavy (non-hydrogen) atoms. The summed E-state index contributed by atoms with van der Waals surface area (Å²) in [6.45, 7) is 5.23. The molecule has 1 aromatic carbocycles. The van der Waals surface area contributed by atoms with E-state index in [1.54, 1.807) is 13.0 Å². The number of anilines is 1. The Balaban J connectivity index is 3.22. The highest BCUT2D eigenvalue weighted by Gasteiger charge is 2.26. The Morgan fingerprint density at radius 2 is 1.81 bits per heavy atom. The van der Waals surface area contributed by atoms with E-state index in [9.17, 15) is 8.42 Å². The molecule has 2 N–H and O–H groups in total. The van der Waals surface area contributed by atoms with Crippen LogP contribution in [-0.4, -0.2) is 51.4 Å². The highest BCUT2D eigenvalue weighted by molar-refractivity contribution is 7.89. The van der Waals surface area contributed by atoms with Gasteiger partial charge in [0, 0.05) is 30.3 Å². The Labute approximate surface area is 132 Å². The summed E-state index contributed by atoms with van der Waals surface area (Å²) >= 11 is 5.97. The average Bonchev–Trinajstić information content (AvgIpc) is 2.38. The number of halogens is 1. The molecular weight excluding hydrogens is 310 g/mol. The van der Waals surface area contributed by atoms with Gasteiger partial charge in [-0.2, -0.15) is 4.31 Å². The summed E-state index contributed by atoms with van der Waals surface area (Å²) in [5.41, 5.74) is 6.78. The number of hydrogen-bond donors (Lipinski definition) is 1. The van der Waals surface area contributed by atoms with E-state index in [0.29, 0.717) is 35.9 Å². The number of benzene rings is 1. The van der Waals surface area contributed by atoms with E-state index in [-0.39, 0.29) is 4.90 Å². The molecule has 0 aromatic heterocycles. The molecule has 120 valence electrons. The Morgan fingerprint density at radius 1 is 1.19 bits per heavy atom. The SMILES string of the molecule is CCCN(CCN(C)C)S(=O)(=O)c1cc(Cl)cc(N)c1C. The number of nitrogens with two attached hydrogens (primary N) is 1. The van der Waals surface area contributed by atoms with E-state index >= 15 is 0 Å². The zero-order chi connectivity index (χ0) is 16.2. The van der Waals surface area contributed by atoms with Crippen LogP contribution in [0, 0.1) is 6.92 Å². The highest BCUT2D eigenvalue weighted by Crippen LogP contribution is 2.28. The van der Waals surface area contributed by atoms with Crippen molar-refractivity contribution in [2.24, 2.45) is 0 Å². The van der Waals surface area contributed by atoms with Crippen molar-refractivity contribution in [3.05, 3.63) is 22.7 Å². The van der Waals surface area contributed by atoms with Gasteiger partial charge in [0.05, 0.1) is 4.90 Å². The summed E-state index contributed by atoms with van der Waals surface area (Å²) in [7, 11) is 0.240. The second-order valence-electron chi connectivity index (χ2n) is 5.33. The fourth-order valence-corrected chi connectivity index (χ4v) is 4.09. The maximum absolute atomic E-state index is 12.9. The van der Waals surface area contributed by atoms with Crippen LogP contribution in [0.15, 0.2) is 17.0 Å². The number of nitrogen functional groups attached to an aromatic ring is 1. The molecule has 5 nitrogen and oxygen atoms in total. The molecule has 0 saturated heterocycles. The fraction of sp³-hybridized carbons (Fsp3) is 0.571. The zero-order valence-electron chi connectivity index (χ0n) is 13.1. The summed E-state index contributed by atoms with van der Waals surface area (Å²) in [5, 5.41) is 0.334. The molecule has 0 radical (unpaired) electrons. The molecule has 0 aliphatic heterocycles. The number of hydrogen-bond acceptors (Lipinski definition) is 4. The van der Waals surface area contributed by atoms with Crippen molar-refractivity contribution in [1.82, 2.24) is 9.21 Å². The van der Waals surface area contributed by atoms with Gasteiger partial charge < -0.3 is 10.6 Å². The molecule has 0 saturated carbocycles.